The van der Waals surface area contributed by atoms with Crippen molar-refractivity contribution < 1.29 is 4.79 Å². The van der Waals surface area contributed by atoms with E-state index in [-0.39, 0.29) is 17.4 Å². The Hall–Kier alpha value is -1.19. The number of Topliss-reactive ketones (excluding diaryl/α,β-unsaturated/α-hetero) is 1. The van der Waals surface area contributed by atoms with Crippen molar-refractivity contribution in [2.75, 3.05) is 27.2 Å². The third-order valence-electron chi connectivity index (χ3n) is 11.4. The minimum atomic E-state index is 0.129. The van der Waals surface area contributed by atoms with Gasteiger partial charge in [0.2, 0.25) is 0 Å². The molecule has 0 radical (unpaired) electrons. The van der Waals surface area contributed by atoms with Gasteiger partial charge in [0.25, 0.3) is 0 Å². The SMILES string of the molecule is CC1=C(/C=C/[C@@H](C)[C@H]2CCC3C4=CCC5C(=O)[C@@H](N(C)C)CC[C@]5(C)C4CC[C@@]32C)CCNC1. The summed E-state index contributed by atoms with van der Waals surface area (Å²) in [6, 6.07) is 0.129. The van der Waals surface area contributed by atoms with Crippen LogP contribution in [0, 0.1) is 40.4 Å². The van der Waals surface area contributed by atoms with E-state index in [9.17, 15) is 4.79 Å². The minimum Gasteiger partial charge on any atom is -0.313 e. The summed E-state index contributed by atoms with van der Waals surface area (Å²) in [4.78, 5) is 15.6. The number of allylic oxidation sites excluding steroid dienone is 4. The fraction of sp³-hybridized carbons (Fsp3) is 0.774. The van der Waals surface area contributed by atoms with Crippen molar-refractivity contribution in [3.63, 3.8) is 0 Å². The molecule has 4 aliphatic carbocycles. The van der Waals surface area contributed by atoms with E-state index in [0.717, 1.165) is 37.8 Å². The van der Waals surface area contributed by atoms with Crippen LogP contribution in [0.2, 0.25) is 0 Å². The van der Waals surface area contributed by atoms with Gasteiger partial charge in [-0.15, -0.1) is 0 Å². The van der Waals surface area contributed by atoms with E-state index in [0.29, 0.717) is 23.0 Å². The molecule has 0 amide bonds. The van der Waals surface area contributed by atoms with E-state index in [1.54, 1.807) is 11.1 Å². The van der Waals surface area contributed by atoms with Gasteiger partial charge in [0.05, 0.1) is 6.04 Å². The number of likely N-dealkylation sites (N-methyl/N-ethyl adjacent to an activating group) is 1. The average molecular weight is 465 g/mol. The number of ketones is 1. The smallest absolute Gasteiger partial charge is 0.153 e. The second-order valence-corrected chi connectivity index (χ2v) is 13.2. The summed E-state index contributed by atoms with van der Waals surface area (Å²) in [6.45, 7) is 12.0. The zero-order valence-corrected chi connectivity index (χ0v) is 22.6. The topological polar surface area (TPSA) is 32.3 Å². The van der Waals surface area contributed by atoms with Gasteiger partial charge in [0.15, 0.2) is 5.78 Å². The maximum absolute atomic E-state index is 13.5. The first-order chi connectivity index (χ1) is 16.2. The lowest BCUT2D eigenvalue weighted by Gasteiger charge is -2.57. The third-order valence-corrected chi connectivity index (χ3v) is 11.4. The van der Waals surface area contributed by atoms with Gasteiger partial charge in [0.1, 0.15) is 0 Å². The second kappa shape index (κ2) is 9.04. The lowest BCUT2D eigenvalue weighted by atomic mass is 9.47. The van der Waals surface area contributed by atoms with Crippen molar-refractivity contribution >= 4 is 5.78 Å². The van der Waals surface area contributed by atoms with Crippen LogP contribution in [-0.2, 0) is 4.79 Å². The Balaban J connectivity index is 1.36. The van der Waals surface area contributed by atoms with Gasteiger partial charge in [0, 0.05) is 12.5 Å². The molecule has 3 nitrogen and oxygen atoms in total. The molecule has 8 atom stereocenters. The lowest BCUT2D eigenvalue weighted by molar-refractivity contribution is -0.140. The molecule has 0 spiro atoms. The maximum Gasteiger partial charge on any atom is 0.153 e. The van der Waals surface area contributed by atoms with Crippen molar-refractivity contribution in [3.05, 3.63) is 34.9 Å². The highest BCUT2D eigenvalue weighted by Gasteiger charge is 2.59. The van der Waals surface area contributed by atoms with Gasteiger partial charge < -0.3 is 5.32 Å². The molecule has 0 aromatic carbocycles. The van der Waals surface area contributed by atoms with Crippen molar-refractivity contribution in [1.29, 1.82) is 0 Å². The molecule has 1 aliphatic heterocycles. The number of fused-ring (bicyclic) bond motifs is 5. The van der Waals surface area contributed by atoms with Gasteiger partial charge in [-0.25, -0.2) is 0 Å². The molecule has 188 valence electrons. The molecule has 3 fully saturated rings. The summed E-state index contributed by atoms with van der Waals surface area (Å²) < 4.78 is 0. The van der Waals surface area contributed by atoms with Crippen molar-refractivity contribution in [3.8, 4) is 0 Å². The van der Waals surface area contributed by atoms with E-state index in [2.05, 4.69) is 70.2 Å². The van der Waals surface area contributed by atoms with Crippen LogP contribution in [0.15, 0.2) is 34.9 Å². The number of carbonyl (C=O) groups is 1. The number of nitrogens with zero attached hydrogens (tertiary/aromatic N) is 1. The molecule has 0 aromatic heterocycles. The highest BCUT2D eigenvalue weighted by Crippen LogP contribution is 2.66. The monoisotopic (exact) mass is 464 g/mol. The summed E-state index contributed by atoms with van der Waals surface area (Å²) in [6.07, 6.45) is 17.3. The Labute approximate surface area is 208 Å². The Morgan fingerprint density at radius 3 is 2.53 bits per heavy atom. The first-order valence-corrected chi connectivity index (χ1v) is 14.1. The van der Waals surface area contributed by atoms with Gasteiger partial charge >= 0.3 is 0 Å². The van der Waals surface area contributed by atoms with Crippen LogP contribution in [-0.4, -0.2) is 43.9 Å². The highest BCUT2D eigenvalue weighted by molar-refractivity contribution is 5.88. The van der Waals surface area contributed by atoms with Crippen molar-refractivity contribution in [2.45, 2.75) is 85.1 Å². The summed E-state index contributed by atoms with van der Waals surface area (Å²) in [5.41, 5.74) is 5.43. The quantitative estimate of drug-likeness (QED) is 0.505. The average Bonchev–Trinajstić information content (AvgIpc) is 3.15. The predicted octanol–water partition coefficient (Wildman–Crippen LogP) is 6.18. The van der Waals surface area contributed by atoms with E-state index in [1.165, 1.54) is 44.1 Å². The number of hydrogen-bond donors (Lipinski definition) is 1. The molecule has 0 aromatic rings. The largest absolute Gasteiger partial charge is 0.313 e. The van der Waals surface area contributed by atoms with Crippen LogP contribution >= 0.6 is 0 Å². The van der Waals surface area contributed by atoms with Crippen LogP contribution in [0.1, 0.15) is 79.1 Å². The molecule has 0 bridgehead atoms. The Kier molecular flexibility index (Phi) is 6.51. The number of nitrogens with one attached hydrogen (secondary N) is 1. The molecular formula is C31H48N2O. The third kappa shape index (κ3) is 3.81. The number of rotatable bonds is 4. The van der Waals surface area contributed by atoms with Crippen LogP contribution in [0.25, 0.3) is 0 Å². The van der Waals surface area contributed by atoms with Crippen molar-refractivity contribution in [2.24, 2.45) is 40.4 Å². The van der Waals surface area contributed by atoms with E-state index in [1.807, 2.05) is 0 Å². The summed E-state index contributed by atoms with van der Waals surface area (Å²) >= 11 is 0. The zero-order valence-electron chi connectivity index (χ0n) is 22.6. The lowest BCUT2D eigenvalue weighted by Crippen LogP contribution is -2.55. The maximum atomic E-state index is 13.5. The highest BCUT2D eigenvalue weighted by atomic mass is 16.1. The van der Waals surface area contributed by atoms with Gasteiger partial charge in [-0.3, -0.25) is 9.69 Å². The number of hydrogen-bond acceptors (Lipinski definition) is 3. The first kappa shape index (κ1) is 24.5. The molecule has 0 saturated heterocycles. The molecular weight excluding hydrogens is 416 g/mol. The van der Waals surface area contributed by atoms with Crippen LogP contribution < -0.4 is 5.32 Å². The Morgan fingerprint density at radius 2 is 1.79 bits per heavy atom. The van der Waals surface area contributed by atoms with Gasteiger partial charge in [-0.05, 0) is 119 Å². The van der Waals surface area contributed by atoms with Gasteiger partial charge in [-0.1, -0.05) is 50.1 Å². The van der Waals surface area contributed by atoms with Crippen molar-refractivity contribution in [1.82, 2.24) is 10.2 Å². The molecule has 1 N–H and O–H groups in total. The standard InChI is InChI=1S/C31H48N2O/c1-20(7-8-22-15-18-32-19-21(22)2)24-11-12-25-23-9-10-27-29(34)28(33(5)6)14-17-31(27,4)26(23)13-16-30(24,25)3/h7-9,20,24-28,32H,10-19H2,1-6H3/b8-7+/t20-,24-,25?,26?,27?,28+,30-,31-/m1/s1. The van der Waals surface area contributed by atoms with E-state index < -0.39 is 0 Å². The van der Waals surface area contributed by atoms with Crippen LogP contribution in [0.5, 0.6) is 0 Å². The second-order valence-electron chi connectivity index (χ2n) is 13.2. The molecule has 34 heavy (non-hydrogen) atoms. The van der Waals surface area contributed by atoms with Crippen LogP contribution in [0.4, 0.5) is 0 Å². The van der Waals surface area contributed by atoms with E-state index >= 15 is 0 Å². The predicted molar refractivity (Wildman–Crippen MR) is 142 cm³/mol. The summed E-state index contributed by atoms with van der Waals surface area (Å²) in [5.74, 6) is 3.51. The first-order valence-electron chi connectivity index (χ1n) is 14.1. The van der Waals surface area contributed by atoms with Crippen LogP contribution in [0.3, 0.4) is 0 Å². The summed E-state index contributed by atoms with van der Waals surface area (Å²) in [7, 11) is 4.16. The van der Waals surface area contributed by atoms with Gasteiger partial charge in [-0.2, -0.15) is 0 Å². The van der Waals surface area contributed by atoms with E-state index in [4.69, 9.17) is 0 Å². The fourth-order valence-electron chi connectivity index (χ4n) is 9.24. The normalized spacial score (nSPS) is 43.6. The zero-order chi connectivity index (χ0) is 24.3. The molecule has 5 rings (SSSR count). The molecule has 3 heteroatoms. The molecule has 5 aliphatic rings. The fourth-order valence-corrected chi connectivity index (χ4v) is 9.24. The molecule has 1 heterocycles. The summed E-state index contributed by atoms with van der Waals surface area (Å²) in [5, 5.41) is 3.49. The Morgan fingerprint density at radius 1 is 1.06 bits per heavy atom. The minimum absolute atomic E-state index is 0.129. The Bertz CT molecular complexity index is 912. The molecule has 3 unspecified atom stereocenters. The number of carbonyl (C=O) groups excluding carboxylic acids is 1. The molecule has 3 saturated carbocycles.